The van der Waals surface area contributed by atoms with E-state index in [1.165, 1.54) is 23.9 Å². The van der Waals surface area contributed by atoms with Gasteiger partial charge < -0.3 is 10.1 Å². The van der Waals surface area contributed by atoms with Crippen molar-refractivity contribution >= 4 is 58.2 Å². The summed E-state index contributed by atoms with van der Waals surface area (Å²) in [4.78, 5) is 12.5. The van der Waals surface area contributed by atoms with Crippen molar-refractivity contribution < 1.29 is 9.53 Å². The van der Waals surface area contributed by atoms with Gasteiger partial charge in [-0.15, -0.1) is 16.8 Å². The number of nitrogens with zero attached hydrogens (tertiary/aromatic N) is 3. The maximum Gasteiger partial charge on any atom is 0.234 e. The molecule has 3 rings (SSSR count). The van der Waals surface area contributed by atoms with E-state index in [1.807, 2.05) is 43.5 Å². The van der Waals surface area contributed by atoms with Gasteiger partial charge in [-0.2, -0.15) is 0 Å². The van der Waals surface area contributed by atoms with Gasteiger partial charge in [-0.1, -0.05) is 64.8 Å². The highest BCUT2D eigenvalue weighted by atomic mass is 35.5. The van der Waals surface area contributed by atoms with Crippen LogP contribution in [0.2, 0.25) is 15.1 Å². The van der Waals surface area contributed by atoms with Crippen molar-refractivity contribution in [1.29, 1.82) is 0 Å². The lowest BCUT2D eigenvalue weighted by molar-refractivity contribution is -0.113. The topological polar surface area (TPSA) is 69.0 Å². The number of halogens is 3. The van der Waals surface area contributed by atoms with Crippen LogP contribution in [0, 0.1) is 13.8 Å². The summed E-state index contributed by atoms with van der Waals surface area (Å²) in [5.74, 6) is 1.27. The molecule has 2 aromatic carbocycles. The van der Waals surface area contributed by atoms with Crippen molar-refractivity contribution in [2.45, 2.75) is 38.6 Å². The molecule has 10 heteroatoms. The Bertz CT molecular complexity index is 1180. The number of thioether (sulfide) groups is 1. The maximum atomic E-state index is 12.5. The van der Waals surface area contributed by atoms with E-state index in [0.717, 1.165) is 16.9 Å². The molecule has 0 aliphatic carbocycles. The fourth-order valence-electron chi connectivity index (χ4n) is 3.04. The summed E-state index contributed by atoms with van der Waals surface area (Å²) in [5.41, 5.74) is 2.61. The predicted octanol–water partition coefficient (Wildman–Crippen LogP) is 6.91. The van der Waals surface area contributed by atoms with Crippen molar-refractivity contribution in [3.8, 4) is 5.75 Å². The minimum Gasteiger partial charge on any atom is -0.482 e. The number of aromatic nitrogens is 3. The van der Waals surface area contributed by atoms with Crippen molar-refractivity contribution in [3.63, 3.8) is 0 Å². The molecule has 0 aliphatic rings. The summed E-state index contributed by atoms with van der Waals surface area (Å²) >= 11 is 19.3. The third kappa shape index (κ3) is 6.23. The van der Waals surface area contributed by atoms with Crippen LogP contribution in [0.15, 0.2) is 48.1 Å². The Morgan fingerprint density at radius 1 is 1.21 bits per heavy atom. The van der Waals surface area contributed by atoms with E-state index >= 15 is 0 Å². The highest BCUT2D eigenvalue weighted by molar-refractivity contribution is 7.99. The van der Waals surface area contributed by atoms with Gasteiger partial charge in [0, 0.05) is 6.54 Å². The summed E-state index contributed by atoms with van der Waals surface area (Å²) in [5, 5.41) is 12.8. The summed E-state index contributed by atoms with van der Waals surface area (Å²) in [6.07, 6.45) is 1.40. The Morgan fingerprint density at radius 2 is 1.94 bits per heavy atom. The van der Waals surface area contributed by atoms with Gasteiger partial charge in [0.1, 0.15) is 5.75 Å². The Hall–Kier alpha value is -2.19. The van der Waals surface area contributed by atoms with Gasteiger partial charge in [-0.25, -0.2) is 0 Å². The van der Waals surface area contributed by atoms with Crippen LogP contribution in [-0.2, 0) is 11.3 Å². The Kier molecular flexibility index (Phi) is 8.70. The van der Waals surface area contributed by atoms with Crippen LogP contribution in [0.5, 0.6) is 5.75 Å². The van der Waals surface area contributed by atoms with E-state index in [4.69, 9.17) is 39.5 Å². The number of aryl methyl sites for hydroxylation is 1. The smallest absolute Gasteiger partial charge is 0.234 e. The van der Waals surface area contributed by atoms with Crippen LogP contribution in [-0.4, -0.2) is 26.4 Å². The molecule has 1 N–H and O–H groups in total. The number of rotatable bonds is 9. The molecule has 3 aromatic rings. The zero-order chi connectivity index (χ0) is 24.1. The number of ether oxygens (including phenoxy) is 1. The standard InChI is InChI=1S/C23H23Cl3N4O2S/c1-5-9-30-22(15(4)32-20-8-6-7-13(2)14(20)3)28-29-23(30)33-12-21(31)27-19-11-17(25)16(24)10-18(19)26/h5-8,10-11,15H,1,9,12H2,2-4H3,(H,27,31). The van der Waals surface area contributed by atoms with Crippen LogP contribution in [0.4, 0.5) is 5.69 Å². The number of nitrogens with one attached hydrogen (secondary N) is 1. The minimum atomic E-state index is -0.351. The Morgan fingerprint density at radius 3 is 2.67 bits per heavy atom. The van der Waals surface area contributed by atoms with Crippen molar-refractivity contribution in [2.75, 3.05) is 11.1 Å². The van der Waals surface area contributed by atoms with Crippen LogP contribution >= 0.6 is 46.6 Å². The van der Waals surface area contributed by atoms with E-state index in [9.17, 15) is 4.79 Å². The molecule has 174 valence electrons. The highest BCUT2D eigenvalue weighted by Crippen LogP contribution is 2.33. The number of carbonyl (C=O) groups excluding carboxylic acids is 1. The fraction of sp³-hybridized carbons (Fsp3) is 0.261. The molecule has 0 radical (unpaired) electrons. The van der Waals surface area contributed by atoms with Crippen LogP contribution < -0.4 is 10.1 Å². The van der Waals surface area contributed by atoms with E-state index in [-0.39, 0.29) is 17.8 Å². The lowest BCUT2D eigenvalue weighted by Gasteiger charge is -2.18. The van der Waals surface area contributed by atoms with Gasteiger partial charge in [0.25, 0.3) is 0 Å². The predicted molar refractivity (Wildman–Crippen MR) is 136 cm³/mol. The second-order valence-electron chi connectivity index (χ2n) is 7.28. The molecule has 1 amide bonds. The average Bonchev–Trinajstić information content (AvgIpc) is 3.17. The molecular weight excluding hydrogens is 503 g/mol. The van der Waals surface area contributed by atoms with Gasteiger partial charge >= 0.3 is 0 Å². The lowest BCUT2D eigenvalue weighted by Crippen LogP contribution is -2.16. The molecule has 0 saturated carbocycles. The number of anilines is 1. The first-order chi connectivity index (χ1) is 15.7. The van der Waals surface area contributed by atoms with Gasteiger partial charge in [-0.3, -0.25) is 9.36 Å². The first-order valence-corrected chi connectivity index (χ1v) is 12.2. The zero-order valence-corrected chi connectivity index (χ0v) is 21.4. The molecule has 1 aromatic heterocycles. The van der Waals surface area contributed by atoms with E-state index in [0.29, 0.717) is 38.3 Å². The molecule has 0 spiro atoms. The fourth-order valence-corrected chi connectivity index (χ4v) is 4.39. The van der Waals surface area contributed by atoms with Gasteiger partial charge in [0.2, 0.25) is 5.91 Å². The Labute approximate surface area is 212 Å². The number of amides is 1. The number of hydrogen-bond acceptors (Lipinski definition) is 5. The maximum absolute atomic E-state index is 12.5. The second-order valence-corrected chi connectivity index (χ2v) is 9.45. The third-order valence-corrected chi connectivity index (χ3v) is 6.90. The van der Waals surface area contributed by atoms with Gasteiger partial charge in [-0.05, 0) is 50.1 Å². The van der Waals surface area contributed by atoms with Gasteiger partial charge in [0.15, 0.2) is 17.1 Å². The molecule has 1 heterocycles. The first-order valence-electron chi connectivity index (χ1n) is 10.0. The van der Waals surface area contributed by atoms with Crippen LogP contribution in [0.1, 0.15) is 30.0 Å². The molecule has 1 atom stereocenters. The monoisotopic (exact) mass is 524 g/mol. The molecule has 0 fully saturated rings. The molecule has 6 nitrogen and oxygen atoms in total. The first kappa shape index (κ1) is 25.4. The molecule has 0 aliphatic heterocycles. The van der Waals surface area contributed by atoms with Gasteiger partial charge in [0.05, 0.1) is 26.5 Å². The zero-order valence-electron chi connectivity index (χ0n) is 18.4. The van der Waals surface area contributed by atoms with Crippen molar-refractivity contribution in [2.24, 2.45) is 0 Å². The van der Waals surface area contributed by atoms with Crippen LogP contribution in [0.3, 0.4) is 0 Å². The Balaban J connectivity index is 1.71. The minimum absolute atomic E-state index is 0.0953. The van der Waals surface area contributed by atoms with Crippen molar-refractivity contribution in [3.05, 3.63) is 75.0 Å². The SMILES string of the molecule is C=CCn1c(SCC(=O)Nc2cc(Cl)c(Cl)cc2Cl)nnc1C(C)Oc1cccc(C)c1C. The summed E-state index contributed by atoms with van der Waals surface area (Å²) in [6.45, 7) is 10.3. The van der Waals surface area contributed by atoms with E-state index in [2.05, 4.69) is 22.1 Å². The number of benzene rings is 2. The molecule has 1 unspecified atom stereocenters. The number of allylic oxidation sites excluding steroid dienone is 1. The normalized spacial score (nSPS) is 11.8. The third-order valence-electron chi connectivity index (χ3n) is 4.90. The highest BCUT2D eigenvalue weighted by Gasteiger charge is 2.21. The van der Waals surface area contributed by atoms with Crippen molar-refractivity contribution in [1.82, 2.24) is 14.8 Å². The largest absolute Gasteiger partial charge is 0.482 e. The number of hydrogen-bond donors (Lipinski definition) is 1. The van der Waals surface area contributed by atoms with E-state index in [1.54, 1.807) is 6.08 Å². The van der Waals surface area contributed by atoms with Crippen LogP contribution in [0.25, 0.3) is 0 Å². The molecule has 33 heavy (non-hydrogen) atoms. The summed E-state index contributed by atoms with van der Waals surface area (Å²) < 4.78 is 8.05. The lowest BCUT2D eigenvalue weighted by atomic mass is 10.1. The quantitative estimate of drug-likeness (QED) is 0.187. The second kappa shape index (κ2) is 11.3. The molecule has 0 saturated heterocycles. The summed E-state index contributed by atoms with van der Waals surface area (Å²) in [6, 6.07) is 8.93. The number of carbonyl (C=O) groups is 1. The molecule has 0 bridgehead atoms. The average molecular weight is 526 g/mol. The van der Waals surface area contributed by atoms with E-state index < -0.39 is 0 Å². The molecular formula is C23H23Cl3N4O2S. The summed E-state index contributed by atoms with van der Waals surface area (Å²) in [7, 11) is 0.